The highest BCUT2D eigenvalue weighted by Crippen LogP contribution is 2.15. The number of anilines is 1. The molecule has 112 valence electrons. The van der Waals surface area contributed by atoms with Gasteiger partial charge in [0.1, 0.15) is 0 Å². The van der Waals surface area contributed by atoms with E-state index in [1.165, 1.54) is 0 Å². The van der Waals surface area contributed by atoms with Crippen LogP contribution in [-0.4, -0.2) is 52.0 Å². The SMILES string of the molecule is COCCN(CCC(N)=S)c1nnnn1-c1ccccc1. The van der Waals surface area contributed by atoms with Crippen molar-refractivity contribution in [3.05, 3.63) is 30.3 Å². The molecule has 1 heterocycles. The van der Waals surface area contributed by atoms with Gasteiger partial charge >= 0.3 is 0 Å². The summed E-state index contributed by atoms with van der Waals surface area (Å²) in [5.41, 5.74) is 6.49. The normalized spacial score (nSPS) is 10.5. The maximum absolute atomic E-state index is 5.59. The predicted molar refractivity (Wildman–Crippen MR) is 84.6 cm³/mol. The van der Waals surface area contributed by atoms with Crippen LogP contribution in [0.5, 0.6) is 0 Å². The summed E-state index contributed by atoms with van der Waals surface area (Å²) >= 11 is 4.94. The van der Waals surface area contributed by atoms with E-state index in [9.17, 15) is 0 Å². The number of aromatic nitrogens is 4. The van der Waals surface area contributed by atoms with Gasteiger partial charge in [0, 0.05) is 26.6 Å². The molecule has 0 radical (unpaired) electrons. The van der Waals surface area contributed by atoms with E-state index >= 15 is 0 Å². The number of nitrogens with zero attached hydrogens (tertiary/aromatic N) is 5. The zero-order valence-corrected chi connectivity index (χ0v) is 12.7. The molecule has 0 amide bonds. The maximum atomic E-state index is 5.59. The number of benzene rings is 1. The van der Waals surface area contributed by atoms with Crippen LogP contribution in [-0.2, 0) is 4.74 Å². The summed E-state index contributed by atoms with van der Waals surface area (Å²) in [5, 5.41) is 11.9. The molecule has 8 heteroatoms. The Morgan fingerprint density at radius 3 is 2.76 bits per heavy atom. The van der Waals surface area contributed by atoms with Gasteiger partial charge in [0.05, 0.1) is 17.3 Å². The molecule has 0 unspecified atom stereocenters. The fourth-order valence-corrected chi connectivity index (χ4v) is 1.97. The summed E-state index contributed by atoms with van der Waals surface area (Å²) in [6, 6.07) is 9.72. The average molecular weight is 306 g/mol. The van der Waals surface area contributed by atoms with Crippen LogP contribution in [0.25, 0.3) is 5.69 Å². The summed E-state index contributed by atoms with van der Waals surface area (Å²) in [4.78, 5) is 2.48. The molecule has 0 saturated heterocycles. The van der Waals surface area contributed by atoms with E-state index in [-0.39, 0.29) is 0 Å². The van der Waals surface area contributed by atoms with Gasteiger partial charge in [-0.3, -0.25) is 0 Å². The van der Waals surface area contributed by atoms with Gasteiger partial charge in [0.2, 0.25) is 5.95 Å². The molecular formula is C13H18N6OS. The second kappa shape index (κ2) is 7.65. The number of para-hydroxylation sites is 1. The third kappa shape index (κ3) is 4.20. The average Bonchev–Trinajstić information content (AvgIpc) is 2.97. The second-order valence-electron chi connectivity index (χ2n) is 4.42. The van der Waals surface area contributed by atoms with Gasteiger partial charge in [-0.05, 0) is 22.6 Å². The van der Waals surface area contributed by atoms with Crippen molar-refractivity contribution in [3.8, 4) is 5.69 Å². The Morgan fingerprint density at radius 2 is 2.10 bits per heavy atom. The molecule has 2 aromatic rings. The molecule has 2 rings (SSSR count). The van der Waals surface area contributed by atoms with Crippen LogP contribution in [0, 0.1) is 0 Å². The van der Waals surface area contributed by atoms with Crippen molar-refractivity contribution in [1.82, 2.24) is 20.2 Å². The Kier molecular flexibility index (Phi) is 5.59. The topological polar surface area (TPSA) is 82.1 Å². The van der Waals surface area contributed by atoms with Crippen LogP contribution in [0.1, 0.15) is 6.42 Å². The van der Waals surface area contributed by atoms with E-state index in [1.807, 2.05) is 35.2 Å². The molecule has 2 N–H and O–H groups in total. The van der Waals surface area contributed by atoms with Gasteiger partial charge < -0.3 is 15.4 Å². The monoisotopic (exact) mass is 306 g/mol. The second-order valence-corrected chi connectivity index (χ2v) is 4.95. The molecule has 21 heavy (non-hydrogen) atoms. The zero-order chi connectivity index (χ0) is 15.1. The first-order valence-corrected chi connectivity index (χ1v) is 6.99. The highest BCUT2D eigenvalue weighted by molar-refractivity contribution is 7.80. The molecule has 0 atom stereocenters. The van der Waals surface area contributed by atoms with Gasteiger partial charge in [0.15, 0.2) is 0 Å². The number of hydrogen-bond acceptors (Lipinski definition) is 6. The highest BCUT2D eigenvalue weighted by atomic mass is 32.1. The number of tetrazole rings is 1. The molecule has 1 aromatic carbocycles. The van der Waals surface area contributed by atoms with Crippen molar-refractivity contribution in [2.24, 2.45) is 5.73 Å². The van der Waals surface area contributed by atoms with E-state index in [4.69, 9.17) is 22.7 Å². The number of rotatable bonds is 8. The minimum absolute atomic E-state index is 0.469. The van der Waals surface area contributed by atoms with Crippen molar-refractivity contribution in [3.63, 3.8) is 0 Å². The van der Waals surface area contributed by atoms with Crippen molar-refractivity contribution in [2.45, 2.75) is 6.42 Å². The number of methoxy groups -OCH3 is 1. The third-order valence-corrected chi connectivity index (χ3v) is 3.13. The molecule has 0 aliphatic heterocycles. The fraction of sp³-hybridized carbons (Fsp3) is 0.385. The highest BCUT2D eigenvalue weighted by Gasteiger charge is 2.16. The van der Waals surface area contributed by atoms with E-state index in [2.05, 4.69) is 15.5 Å². The standard InChI is InChI=1S/C13H18N6OS/c1-20-10-9-18(8-7-12(14)21)13-15-16-17-19(13)11-5-3-2-4-6-11/h2-6H,7-10H2,1H3,(H2,14,21). The first-order valence-electron chi connectivity index (χ1n) is 6.58. The zero-order valence-electron chi connectivity index (χ0n) is 11.8. The van der Waals surface area contributed by atoms with E-state index in [0.717, 1.165) is 5.69 Å². The lowest BCUT2D eigenvalue weighted by Gasteiger charge is -2.22. The molecule has 7 nitrogen and oxygen atoms in total. The summed E-state index contributed by atoms with van der Waals surface area (Å²) in [6.45, 7) is 1.87. The summed E-state index contributed by atoms with van der Waals surface area (Å²) in [6.07, 6.45) is 0.598. The van der Waals surface area contributed by atoms with Gasteiger partial charge in [-0.25, -0.2) is 0 Å². The lowest BCUT2D eigenvalue weighted by atomic mass is 10.3. The van der Waals surface area contributed by atoms with Crippen molar-refractivity contribution in [1.29, 1.82) is 0 Å². The quantitative estimate of drug-likeness (QED) is 0.722. The Labute approximate surface area is 128 Å². The summed E-state index contributed by atoms with van der Waals surface area (Å²) in [5.74, 6) is 0.648. The Morgan fingerprint density at radius 1 is 1.33 bits per heavy atom. The van der Waals surface area contributed by atoms with Gasteiger partial charge in [-0.1, -0.05) is 35.5 Å². The van der Waals surface area contributed by atoms with Crippen molar-refractivity contribution in [2.75, 3.05) is 31.7 Å². The van der Waals surface area contributed by atoms with Gasteiger partial charge in [0.25, 0.3) is 0 Å². The van der Waals surface area contributed by atoms with Gasteiger partial charge in [-0.15, -0.1) is 0 Å². The van der Waals surface area contributed by atoms with Crippen molar-refractivity contribution < 1.29 is 4.74 Å². The molecule has 0 spiro atoms. The Bertz CT molecular complexity index is 573. The van der Waals surface area contributed by atoms with E-state index in [1.54, 1.807) is 11.8 Å². The van der Waals surface area contributed by atoms with Crippen LogP contribution in [0.2, 0.25) is 0 Å². The minimum atomic E-state index is 0.469. The fourth-order valence-electron chi connectivity index (χ4n) is 1.87. The Balaban J connectivity index is 2.23. The lowest BCUT2D eigenvalue weighted by Crippen LogP contribution is -2.33. The third-order valence-electron chi connectivity index (χ3n) is 2.93. The Hall–Kier alpha value is -2.06. The van der Waals surface area contributed by atoms with Crippen molar-refractivity contribution >= 4 is 23.2 Å². The van der Waals surface area contributed by atoms with E-state index in [0.29, 0.717) is 37.1 Å². The number of ether oxygens (including phenoxy) is 1. The summed E-state index contributed by atoms with van der Waals surface area (Å²) < 4.78 is 6.83. The molecule has 0 saturated carbocycles. The molecule has 0 fully saturated rings. The lowest BCUT2D eigenvalue weighted by molar-refractivity contribution is 0.205. The minimum Gasteiger partial charge on any atom is -0.393 e. The maximum Gasteiger partial charge on any atom is 0.250 e. The molecule has 0 bridgehead atoms. The number of nitrogens with two attached hydrogens (primary N) is 1. The summed E-state index contributed by atoms with van der Waals surface area (Å²) in [7, 11) is 1.66. The predicted octanol–water partition coefficient (Wildman–Crippen LogP) is 0.791. The van der Waals surface area contributed by atoms with Gasteiger partial charge in [-0.2, -0.15) is 4.68 Å². The van der Waals surface area contributed by atoms with E-state index < -0.39 is 0 Å². The molecule has 0 aliphatic rings. The number of thiocarbonyl (C=S) groups is 1. The van der Waals surface area contributed by atoms with Crippen LogP contribution < -0.4 is 10.6 Å². The first-order chi connectivity index (χ1) is 10.2. The number of hydrogen-bond donors (Lipinski definition) is 1. The van der Waals surface area contributed by atoms with Crippen LogP contribution in [0.15, 0.2) is 30.3 Å². The molecule has 0 aliphatic carbocycles. The van der Waals surface area contributed by atoms with Crippen LogP contribution >= 0.6 is 12.2 Å². The molecular weight excluding hydrogens is 288 g/mol. The van der Waals surface area contributed by atoms with Crippen LogP contribution in [0.4, 0.5) is 5.95 Å². The van der Waals surface area contributed by atoms with Crippen LogP contribution in [0.3, 0.4) is 0 Å². The first kappa shape index (κ1) is 15.3. The molecule has 1 aromatic heterocycles. The smallest absolute Gasteiger partial charge is 0.250 e. The largest absolute Gasteiger partial charge is 0.393 e.